The summed E-state index contributed by atoms with van der Waals surface area (Å²) in [5.41, 5.74) is 0.156. The first-order chi connectivity index (χ1) is 9.86. The number of carbonyl (C=O) groups is 1. The van der Waals surface area contributed by atoms with Gasteiger partial charge in [0.05, 0.1) is 0 Å². The molecule has 0 unspecified atom stereocenters. The van der Waals surface area contributed by atoms with E-state index in [1.165, 1.54) is 6.07 Å². The minimum atomic E-state index is -4.38. The molecule has 0 aliphatic heterocycles. The molecule has 0 saturated carbocycles. The number of amides is 1. The summed E-state index contributed by atoms with van der Waals surface area (Å²) < 4.78 is 38.6. The van der Waals surface area contributed by atoms with Crippen molar-refractivity contribution < 1.29 is 18.0 Å². The van der Waals surface area contributed by atoms with Crippen LogP contribution < -0.4 is 9.67 Å². The zero-order valence-corrected chi connectivity index (χ0v) is 12.7. The Morgan fingerprint density at radius 1 is 1.10 bits per heavy atom. The minimum absolute atomic E-state index is 0.0472. The third-order valence-electron chi connectivity index (χ3n) is 2.82. The van der Waals surface area contributed by atoms with Gasteiger partial charge in [-0.2, -0.15) is 0 Å². The number of carbonyl (C=O) groups excluding carboxylic acids is 1. The Balaban J connectivity index is 2.05. The van der Waals surface area contributed by atoms with Crippen LogP contribution in [0.5, 0.6) is 0 Å². The number of alkyl halides is 3. The molecule has 0 fully saturated rings. The van der Waals surface area contributed by atoms with Crippen LogP contribution in [0.4, 0.5) is 13.2 Å². The van der Waals surface area contributed by atoms with Crippen molar-refractivity contribution in [3.05, 3.63) is 65.2 Å². The summed E-state index contributed by atoms with van der Waals surface area (Å²) in [5.74, 6) is -0.319. The van der Waals surface area contributed by atoms with Crippen LogP contribution in [-0.2, 0) is 12.7 Å². The van der Waals surface area contributed by atoms with E-state index in [1.807, 2.05) is 6.07 Å². The van der Waals surface area contributed by atoms with Gasteiger partial charge in [0.15, 0.2) is 0 Å². The van der Waals surface area contributed by atoms with Crippen molar-refractivity contribution in [3.63, 3.8) is 0 Å². The van der Waals surface area contributed by atoms with Crippen LogP contribution in [0, 0.1) is 0 Å². The van der Waals surface area contributed by atoms with Gasteiger partial charge in [-0.25, -0.2) is 0 Å². The molecule has 108 valence electrons. The van der Waals surface area contributed by atoms with E-state index < -0.39 is 11.7 Å². The van der Waals surface area contributed by atoms with Crippen LogP contribution >= 0.6 is 0 Å². The molecular formula is C15H11AsF3NO. The fraction of sp³-hybridized carbons (Fsp3) is 0.133. The Kier molecular flexibility index (Phi) is 4.73. The van der Waals surface area contributed by atoms with Crippen LogP contribution in [0.25, 0.3) is 0 Å². The van der Waals surface area contributed by atoms with E-state index in [0.717, 1.165) is 16.5 Å². The third-order valence-corrected chi connectivity index (χ3v) is 3.40. The Morgan fingerprint density at radius 2 is 1.81 bits per heavy atom. The number of hydrogen-bond acceptors (Lipinski definition) is 1. The van der Waals surface area contributed by atoms with Crippen LogP contribution in [0.15, 0.2) is 48.5 Å². The average Bonchev–Trinajstić information content (AvgIpc) is 2.44. The molecule has 6 heteroatoms. The van der Waals surface area contributed by atoms with E-state index in [4.69, 9.17) is 0 Å². The fourth-order valence-corrected chi connectivity index (χ4v) is 2.26. The van der Waals surface area contributed by atoms with Gasteiger partial charge in [-0.3, -0.25) is 0 Å². The normalized spacial score (nSPS) is 11.2. The maximum atomic E-state index is 12.6. The van der Waals surface area contributed by atoms with Crippen LogP contribution in [0.3, 0.4) is 0 Å². The summed E-state index contributed by atoms with van der Waals surface area (Å²) in [5, 5.41) is 2.61. The van der Waals surface area contributed by atoms with Crippen molar-refractivity contribution in [2.45, 2.75) is 12.7 Å². The first-order valence-corrected chi connectivity index (χ1v) is 7.03. The van der Waals surface area contributed by atoms with Crippen molar-refractivity contribution in [1.29, 1.82) is 0 Å². The van der Waals surface area contributed by atoms with Crippen molar-refractivity contribution in [1.82, 2.24) is 5.32 Å². The average molecular weight is 353 g/mol. The van der Waals surface area contributed by atoms with E-state index in [0.29, 0.717) is 11.1 Å². The summed E-state index contributed by atoms with van der Waals surface area (Å²) in [6, 6.07) is 11.8. The molecule has 0 atom stereocenters. The first-order valence-electron chi connectivity index (χ1n) is 6.09. The molecule has 0 spiro atoms. The molecule has 2 rings (SSSR count). The summed E-state index contributed by atoms with van der Waals surface area (Å²) in [4.78, 5) is 11.9. The predicted octanol–water partition coefficient (Wildman–Crippen LogP) is 2.43. The molecule has 0 heterocycles. The molecule has 2 radical (unpaired) electrons. The maximum absolute atomic E-state index is 12.6. The summed E-state index contributed by atoms with van der Waals surface area (Å²) in [6.45, 7) is 0.0472. The second kappa shape index (κ2) is 6.35. The Hall–Kier alpha value is -1.74. The molecular weight excluding hydrogens is 342 g/mol. The monoisotopic (exact) mass is 353 g/mol. The van der Waals surface area contributed by atoms with Gasteiger partial charge >= 0.3 is 128 Å². The summed E-state index contributed by atoms with van der Waals surface area (Å²) in [6.07, 6.45) is -4.38. The second-order valence-corrected chi connectivity index (χ2v) is 5.51. The van der Waals surface area contributed by atoms with E-state index in [-0.39, 0.29) is 12.5 Å². The van der Waals surface area contributed by atoms with Gasteiger partial charge in [0.1, 0.15) is 0 Å². The van der Waals surface area contributed by atoms with Gasteiger partial charge < -0.3 is 0 Å². The van der Waals surface area contributed by atoms with Gasteiger partial charge in [0.25, 0.3) is 0 Å². The molecule has 1 amide bonds. The van der Waals surface area contributed by atoms with E-state index >= 15 is 0 Å². The van der Waals surface area contributed by atoms with E-state index in [2.05, 4.69) is 22.2 Å². The molecule has 0 aliphatic rings. The third kappa shape index (κ3) is 4.36. The van der Waals surface area contributed by atoms with Gasteiger partial charge in [-0.1, -0.05) is 0 Å². The molecule has 1 N–H and O–H groups in total. The van der Waals surface area contributed by atoms with Crippen LogP contribution in [-0.4, -0.2) is 22.8 Å². The van der Waals surface area contributed by atoms with Crippen molar-refractivity contribution in [2.24, 2.45) is 0 Å². The van der Waals surface area contributed by atoms with Crippen LogP contribution in [0.2, 0.25) is 0 Å². The molecule has 2 aromatic carbocycles. The number of hydrogen-bond donors (Lipinski definition) is 1. The standard InChI is InChI=1S/C15H11AsF3NO/c16-13-6-2-4-11(8-13)14(21)20-9-10-3-1-5-12(7-10)15(17,18)19/h1-8H,9H2,(H,20,21). The molecule has 0 aromatic heterocycles. The van der Waals surface area contributed by atoms with E-state index in [9.17, 15) is 18.0 Å². The topological polar surface area (TPSA) is 29.1 Å². The SMILES string of the molecule is O=C(NCc1cccc(C(F)(F)F)c1)c1cccc([As])c1. The fourth-order valence-electron chi connectivity index (χ4n) is 1.79. The summed E-state index contributed by atoms with van der Waals surface area (Å²) in [7, 11) is 0. The van der Waals surface area contributed by atoms with Gasteiger partial charge in [0.2, 0.25) is 0 Å². The molecule has 21 heavy (non-hydrogen) atoms. The number of rotatable bonds is 3. The van der Waals surface area contributed by atoms with Crippen molar-refractivity contribution >= 4 is 27.1 Å². The van der Waals surface area contributed by atoms with Crippen molar-refractivity contribution in [2.75, 3.05) is 0 Å². The number of benzene rings is 2. The van der Waals surface area contributed by atoms with Gasteiger partial charge in [0, 0.05) is 0 Å². The van der Waals surface area contributed by atoms with Gasteiger partial charge in [-0.05, 0) is 0 Å². The zero-order chi connectivity index (χ0) is 15.5. The van der Waals surface area contributed by atoms with Crippen molar-refractivity contribution in [3.8, 4) is 0 Å². The Morgan fingerprint density at radius 3 is 2.48 bits per heavy atom. The first kappa shape index (κ1) is 15.6. The molecule has 0 aliphatic carbocycles. The molecule has 0 bridgehead atoms. The molecule has 2 nitrogen and oxygen atoms in total. The second-order valence-electron chi connectivity index (χ2n) is 4.43. The number of halogens is 3. The van der Waals surface area contributed by atoms with Gasteiger partial charge in [-0.15, -0.1) is 0 Å². The Bertz CT molecular complexity index is 655. The molecule has 2 aromatic rings. The quantitative estimate of drug-likeness (QED) is 0.844. The van der Waals surface area contributed by atoms with Crippen LogP contribution in [0.1, 0.15) is 21.5 Å². The summed E-state index contributed by atoms with van der Waals surface area (Å²) >= 11 is 2.33. The molecule has 0 saturated heterocycles. The Labute approximate surface area is 128 Å². The zero-order valence-electron chi connectivity index (χ0n) is 10.8. The predicted molar refractivity (Wildman–Crippen MR) is 74.4 cm³/mol. The number of nitrogens with one attached hydrogen (secondary N) is 1. The van der Waals surface area contributed by atoms with E-state index in [1.54, 1.807) is 24.3 Å².